The van der Waals surface area contributed by atoms with Crippen LogP contribution < -0.4 is 0 Å². The quantitative estimate of drug-likeness (QED) is 0.532. The third-order valence-electron chi connectivity index (χ3n) is 7.82. The molecule has 0 amide bonds. The van der Waals surface area contributed by atoms with Gasteiger partial charge in [0.15, 0.2) is 0 Å². The fraction of sp³-hybridized carbons (Fsp3) is 1.00. The average Bonchev–Trinajstić information content (AvgIpc) is 2.52. The number of hydrogen-bond donors (Lipinski definition) is 0. The summed E-state index contributed by atoms with van der Waals surface area (Å²) >= 11 is 0. The Hall–Kier alpha value is -0.0800. The summed E-state index contributed by atoms with van der Waals surface area (Å²) in [5.74, 6) is 4.22. The van der Waals surface area contributed by atoms with E-state index in [-0.39, 0.29) is 0 Å². The highest BCUT2D eigenvalue weighted by atomic mass is 16.5. The van der Waals surface area contributed by atoms with Gasteiger partial charge >= 0.3 is 0 Å². The molecule has 0 aromatic heterocycles. The number of rotatable bonds is 4. The van der Waals surface area contributed by atoms with E-state index in [0.29, 0.717) is 46.7 Å². The third-order valence-corrected chi connectivity index (χ3v) is 7.82. The van der Waals surface area contributed by atoms with Gasteiger partial charge in [-0.15, -0.1) is 0 Å². The molecule has 2 heteroatoms. The maximum Gasteiger partial charge on any atom is 0.0632 e. The highest BCUT2D eigenvalue weighted by Crippen LogP contribution is 2.50. The minimum Gasteiger partial charge on any atom is -0.381 e. The molecule has 2 nitrogen and oxygen atoms in total. The topological polar surface area (TPSA) is 18.5 Å². The first-order chi connectivity index (χ1) is 12.4. The Bertz CT molecular complexity index is 416. The maximum absolute atomic E-state index is 6.18. The molecular formula is C25H48O2. The second kappa shape index (κ2) is 8.74. The van der Waals surface area contributed by atoms with Gasteiger partial charge in [0.05, 0.1) is 12.2 Å². The van der Waals surface area contributed by atoms with Crippen molar-refractivity contribution in [3.63, 3.8) is 0 Å². The monoisotopic (exact) mass is 380 g/mol. The van der Waals surface area contributed by atoms with Gasteiger partial charge in [-0.25, -0.2) is 0 Å². The minimum absolute atomic E-state index is 0.308. The highest BCUT2D eigenvalue weighted by Gasteiger charge is 2.46. The molecule has 2 aliphatic carbocycles. The average molecular weight is 381 g/mol. The van der Waals surface area contributed by atoms with E-state index in [4.69, 9.17) is 9.47 Å². The standard InChI is InChI=1S/C25H48O2/c1-16-11-18(22(26-9)20(13-16)24(3,4)5)15-19-12-17(2)14-21(23(19)27-10)25(6,7)8/h16-23H,11-15H2,1-10H3. The summed E-state index contributed by atoms with van der Waals surface area (Å²) < 4.78 is 12.4. The van der Waals surface area contributed by atoms with Gasteiger partial charge in [-0.3, -0.25) is 0 Å². The van der Waals surface area contributed by atoms with Crippen LogP contribution in [0.25, 0.3) is 0 Å². The van der Waals surface area contributed by atoms with Crippen LogP contribution in [0.2, 0.25) is 0 Å². The van der Waals surface area contributed by atoms with Crippen LogP contribution in [0.1, 0.15) is 87.5 Å². The van der Waals surface area contributed by atoms with Crippen LogP contribution in [0.3, 0.4) is 0 Å². The zero-order valence-corrected chi connectivity index (χ0v) is 20.0. The van der Waals surface area contributed by atoms with Crippen LogP contribution in [0.4, 0.5) is 0 Å². The maximum atomic E-state index is 6.18. The van der Waals surface area contributed by atoms with Crippen molar-refractivity contribution < 1.29 is 9.47 Å². The Morgan fingerprint density at radius 2 is 0.963 bits per heavy atom. The van der Waals surface area contributed by atoms with Gasteiger partial charge < -0.3 is 9.47 Å². The van der Waals surface area contributed by atoms with Crippen LogP contribution in [0.5, 0.6) is 0 Å². The summed E-state index contributed by atoms with van der Waals surface area (Å²) in [6.45, 7) is 19.3. The molecule has 0 saturated heterocycles. The molecule has 8 atom stereocenters. The molecule has 0 aromatic rings. The summed E-state index contributed by atoms with van der Waals surface area (Å²) in [6.07, 6.45) is 7.29. The Labute approximate surface area is 170 Å². The number of methoxy groups -OCH3 is 2. The molecule has 0 bridgehead atoms. The van der Waals surface area contributed by atoms with Gasteiger partial charge in [0.2, 0.25) is 0 Å². The van der Waals surface area contributed by atoms with E-state index in [1.807, 2.05) is 14.2 Å². The minimum atomic E-state index is 0.308. The highest BCUT2D eigenvalue weighted by molar-refractivity contribution is 4.96. The van der Waals surface area contributed by atoms with E-state index in [0.717, 1.165) is 11.8 Å². The van der Waals surface area contributed by atoms with E-state index in [2.05, 4.69) is 55.4 Å². The Morgan fingerprint density at radius 3 is 1.22 bits per heavy atom. The lowest BCUT2D eigenvalue weighted by Gasteiger charge is -2.50. The number of hydrogen-bond acceptors (Lipinski definition) is 2. The van der Waals surface area contributed by atoms with Crippen LogP contribution in [-0.4, -0.2) is 26.4 Å². The molecule has 2 rings (SSSR count). The van der Waals surface area contributed by atoms with Crippen molar-refractivity contribution in [3.8, 4) is 0 Å². The summed E-state index contributed by atoms with van der Waals surface area (Å²) in [5, 5.41) is 0. The van der Waals surface area contributed by atoms with E-state index < -0.39 is 0 Å². The first-order valence-corrected chi connectivity index (χ1v) is 11.4. The van der Waals surface area contributed by atoms with E-state index in [9.17, 15) is 0 Å². The lowest BCUT2D eigenvalue weighted by molar-refractivity contribution is -0.108. The van der Waals surface area contributed by atoms with Crippen molar-refractivity contribution in [2.75, 3.05) is 14.2 Å². The lowest BCUT2D eigenvalue weighted by atomic mass is 9.59. The SMILES string of the molecule is COC1C(CC2CC(C)CC(C(C)(C)C)C2OC)CC(C)CC1C(C)(C)C. The van der Waals surface area contributed by atoms with Crippen LogP contribution in [0, 0.1) is 46.3 Å². The smallest absolute Gasteiger partial charge is 0.0632 e. The summed E-state index contributed by atoms with van der Waals surface area (Å²) in [6, 6.07) is 0. The van der Waals surface area contributed by atoms with E-state index in [1.165, 1.54) is 32.1 Å². The summed E-state index contributed by atoms with van der Waals surface area (Å²) in [4.78, 5) is 0. The second-order valence-corrected chi connectivity index (χ2v) is 12.3. The Kier molecular flexibility index (Phi) is 7.51. The third kappa shape index (κ3) is 5.50. The molecule has 0 N–H and O–H groups in total. The van der Waals surface area contributed by atoms with E-state index >= 15 is 0 Å². The fourth-order valence-corrected chi connectivity index (χ4v) is 6.54. The molecule has 0 heterocycles. The number of ether oxygens (including phenoxy) is 2. The zero-order chi connectivity index (χ0) is 20.6. The van der Waals surface area contributed by atoms with Gasteiger partial charge in [-0.1, -0.05) is 55.4 Å². The Balaban J connectivity index is 2.23. The predicted molar refractivity (Wildman–Crippen MR) is 116 cm³/mol. The summed E-state index contributed by atoms with van der Waals surface area (Å²) in [5.41, 5.74) is 0.615. The van der Waals surface area contributed by atoms with Crippen molar-refractivity contribution in [1.29, 1.82) is 0 Å². The van der Waals surface area contributed by atoms with Crippen LogP contribution in [-0.2, 0) is 9.47 Å². The van der Waals surface area contributed by atoms with Gasteiger partial charge in [-0.2, -0.15) is 0 Å². The molecule has 0 aromatic carbocycles. The van der Waals surface area contributed by atoms with Gasteiger partial charge in [0, 0.05) is 14.2 Å². The fourth-order valence-electron chi connectivity index (χ4n) is 6.54. The molecule has 0 spiro atoms. The molecular weight excluding hydrogens is 332 g/mol. The van der Waals surface area contributed by atoms with Crippen LogP contribution >= 0.6 is 0 Å². The molecule has 0 aliphatic heterocycles. The zero-order valence-electron chi connectivity index (χ0n) is 20.0. The molecule has 2 aliphatic rings. The van der Waals surface area contributed by atoms with E-state index in [1.54, 1.807) is 0 Å². The van der Waals surface area contributed by atoms with Gasteiger partial charge in [0.25, 0.3) is 0 Å². The normalized spacial score (nSPS) is 41.6. The Morgan fingerprint density at radius 1 is 0.630 bits per heavy atom. The summed E-state index contributed by atoms with van der Waals surface area (Å²) in [7, 11) is 3.89. The second-order valence-electron chi connectivity index (χ2n) is 12.3. The van der Waals surface area contributed by atoms with Crippen molar-refractivity contribution in [3.05, 3.63) is 0 Å². The molecule has 2 fully saturated rings. The predicted octanol–water partition coefficient (Wildman–Crippen LogP) is 6.82. The first kappa shape index (κ1) is 23.2. The van der Waals surface area contributed by atoms with Crippen LogP contribution in [0.15, 0.2) is 0 Å². The van der Waals surface area contributed by atoms with Crippen molar-refractivity contribution in [1.82, 2.24) is 0 Å². The molecule has 27 heavy (non-hydrogen) atoms. The van der Waals surface area contributed by atoms with Gasteiger partial charge in [-0.05, 0) is 78.4 Å². The molecule has 0 radical (unpaired) electrons. The van der Waals surface area contributed by atoms with Crippen molar-refractivity contribution >= 4 is 0 Å². The van der Waals surface area contributed by atoms with Crippen molar-refractivity contribution in [2.45, 2.75) is 99.7 Å². The van der Waals surface area contributed by atoms with Crippen molar-refractivity contribution in [2.24, 2.45) is 46.3 Å². The van der Waals surface area contributed by atoms with Gasteiger partial charge in [0.1, 0.15) is 0 Å². The lowest BCUT2D eigenvalue weighted by Crippen LogP contribution is -2.48. The molecule has 8 unspecified atom stereocenters. The first-order valence-electron chi connectivity index (χ1n) is 11.4. The molecule has 160 valence electrons. The molecule has 2 saturated carbocycles. The largest absolute Gasteiger partial charge is 0.381 e.